The van der Waals surface area contributed by atoms with Crippen molar-refractivity contribution in [3.63, 3.8) is 0 Å². The number of nitrogens with zero attached hydrogens (tertiary/aromatic N) is 1. The van der Waals surface area contributed by atoms with Gasteiger partial charge in [0.1, 0.15) is 11.3 Å². The molecule has 182 valence electrons. The Bertz CT molecular complexity index is 1570. The van der Waals surface area contributed by atoms with Crippen molar-refractivity contribution in [3.05, 3.63) is 92.8 Å². The van der Waals surface area contributed by atoms with Crippen molar-refractivity contribution in [2.45, 2.75) is 0 Å². The average molecular weight is 506 g/mol. The molecule has 10 nitrogen and oxygen atoms in total. The molecule has 1 aromatic heterocycles. The van der Waals surface area contributed by atoms with Crippen LogP contribution < -0.4 is 25.7 Å². The van der Waals surface area contributed by atoms with Crippen LogP contribution in [0.15, 0.2) is 75.9 Å². The molecule has 0 bridgehead atoms. The van der Waals surface area contributed by atoms with E-state index < -0.39 is 16.5 Å². The van der Waals surface area contributed by atoms with Crippen molar-refractivity contribution in [1.82, 2.24) is 5.32 Å². The summed E-state index contributed by atoms with van der Waals surface area (Å²) >= 11 is 5.26. The van der Waals surface area contributed by atoms with E-state index in [9.17, 15) is 19.7 Å². The standard InChI is InChI=1S/C25H19N3O7S/c1-33-21-9-7-14(17-11-15-5-3-4-6-20(15)35-24(17)30)12-18(21)26-25(36)27-23(29)16-8-10-22(34-2)19(13-16)28(31)32/h3-13H,1-2H3,(H2,26,27,29,36). The van der Waals surface area contributed by atoms with Gasteiger partial charge in [-0.15, -0.1) is 0 Å². The molecule has 0 aliphatic carbocycles. The normalized spacial score (nSPS) is 10.5. The lowest BCUT2D eigenvalue weighted by Gasteiger charge is -2.14. The second-order valence-corrected chi connectivity index (χ2v) is 7.86. The highest BCUT2D eigenvalue weighted by atomic mass is 32.1. The molecule has 0 fully saturated rings. The van der Waals surface area contributed by atoms with Crippen LogP contribution in [0.4, 0.5) is 11.4 Å². The van der Waals surface area contributed by atoms with Crippen molar-refractivity contribution in [1.29, 1.82) is 0 Å². The molecule has 4 rings (SSSR count). The van der Waals surface area contributed by atoms with Crippen molar-refractivity contribution in [2.75, 3.05) is 19.5 Å². The minimum atomic E-state index is -0.663. The third kappa shape index (κ3) is 5.00. The first-order valence-electron chi connectivity index (χ1n) is 10.5. The SMILES string of the molecule is COc1ccc(-c2cc3ccccc3oc2=O)cc1NC(=S)NC(=O)c1ccc(OC)c([N+](=O)[O-])c1. The molecule has 2 N–H and O–H groups in total. The number of methoxy groups -OCH3 is 2. The minimum Gasteiger partial charge on any atom is -0.495 e. The molecule has 0 saturated carbocycles. The Kier molecular flexibility index (Phi) is 6.93. The van der Waals surface area contributed by atoms with Gasteiger partial charge in [-0.3, -0.25) is 20.2 Å². The van der Waals surface area contributed by atoms with Gasteiger partial charge < -0.3 is 19.2 Å². The van der Waals surface area contributed by atoms with Gasteiger partial charge in [0.15, 0.2) is 10.9 Å². The highest BCUT2D eigenvalue weighted by Gasteiger charge is 2.19. The van der Waals surface area contributed by atoms with E-state index in [-0.39, 0.29) is 22.1 Å². The smallest absolute Gasteiger partial charge is 0.344 e. The second-order valence-electron chi connectivity index (χ2n) is 7.45. The monoisotopic (exact) mass is 505 g/mol. The number of benzene rings is 3. The molecule has 0 unspecified atom stereocenters. The lowest BCUT2D eigenvalue weighted by Crippen LogP contribution is -2.34. The number of nitrogens with one attached hydrogen (secondary N) is 2. The second kappa shape index (κ2) is 10.2. The maximum Gasteiger partial charge on any atom is 0.344 e. The number of para-hydroxylation sites is 1. The van der Waals surface area contributed by atoms with Crippen LogP contribution >= 0.6 is 12.2 Å². The first-order chi connectivity index (χ1) is 17.3. The van der Waals surface area contributed by atoms with Crippen molar-refractivity contribution < 1.29 is 23.6 Å². The third-order valence-electron chi connectivity index (χ3n) is 5.26. The van der Waals surface area contributed by atoms with E-state index in [4.69, 9.17) is 26.1 Å². The van der Waals surface area contributed by atoms with E-state index in [0.29, 0.717) is 28.1 Å². The van der Waals surface area contributed by atoms with E-state index in [0.717, 1.165) is 11.5 Å². The van der Waals surface area contributed by atoms with Gasteiger partial charge in [0, 0.05) is 17.0 Å². The van der Waals surface area contributed by atoms with E-state index in [1.807, 2.05) is 12.1 Å². The molecule has 11 heteroatoms. The van der Waals surface area contributed by atoms with Crippen molar-refractivity contribution >= 4 is 45.6 Å². The topological polar surface area (TPSA) is 133 Å². The predicted octanol–water partition coefficient (Wildman–Crippen LogP) is 4.51. The molecule has 0 saturated heterocycles. The van der Waals surface area contributed by atoms with Crippen molar-refractivity contribution in [3.8, 4) is 22.6 Å². The van der Waals surface area contributed by atoms with Gasteiger partial charge in [-0.2, -0.15) is 0 Å². The summed E-state index contributed by atoms with van der Waals surface area (Å²) in [5.41, 5.74) is 0.877. The largest absolute Gasteiger partial charge is 0.495 e. The van der Waals surface area contributed by atoms with Crippen LogP contribution in [0, 0.1) is 10.1 Å². The summed E-state index contributed by atoms with van der Waals surface area (Å²) in [5.74, 6) is -0.235. The summed E-state index contributed by atoms with van der Waals surface area (Å²) in [7, 11) is 2.76. The number of nitro groups is 1. The van der Waals surface area contributed by atoms with Gasteiger partial charge >= 0.3 is 11.3 Å². The van der Waals surface area contributed by atoms with E-state index in [1.54, 1.807) is 36.4 Å². The average Bonchev–Trinajstić information content (AvgIpc) is 2.87. The Hall–Kier alpha value is -4.77. The van der Waals surface area contributed by atoms with Crippen LogP contribution in [0.3, 0.4) is 0 Å². The number of hydrogen-bond donors (Lipinski definition) is 2. The van der Waals surface area contributed by atoms with Gasteiger partial charge in [-0.25, -0.2) is 4.79 Å². The number of carbonyl (C=O) groups excluding carboxylic acids is 1. The minimum absolute atomic E-state index is 0.0149. The van der Waals surface area contributed by atoms with Crippen LogP contribution in [0.25, 0.3) is 22.1 Å². The molecule has 1 amide bonds. The highest BCUT2D eigenvalue weighted by Crippen LogP contribution is 2.31. The summed E-state index contributed by atoms with van der Waals surface area (Å²) in [6, 6.07) is 17.7. The summed E-state index contributed by atoms with van der Waals surface area (Å²) in [6.07, 6.45) is 0. The lowest BCUT2D eigenvalue weighted by atomic mass is 10.0. The van der Waals surface area contributed by atoms with E-state index >= 15 is 0 Å². The van der Waals surface area contributed by atoms with Crippen LogP contribution in [0.1, 0.15) is 10.4 Å². The van der Waals surface area contributed by atoms with Crippen LogP contribution in [0.2, 0.25) is 0 Å². The first kappa shape index (κ1) is 24.4. The Morgan fingerprint density at radius 2 is 1.72 bits per heavy atom. The van der Waals surface area contributed by atoms with Crippen LogP contribution in [-0.2, 0) is 0 Å². The van der Waals surface area contributed by atoms with E-state index in [1.165, 1.54) is 26.4 Å². The zero-order chi connectivity index (χ0) is 25.8. The number of hydrogen-bond acceptors (Lipinski definition) is 8. The summed E-state index contributed by atoms with van der Waals surface area (Å²) < 4.78 is 15.7. The molecule has 0 spiro atoms. The molecule has 0 aliphatic rings. The molecular formula is C25H19N3O7S. The van der Waals surface area contributed by atoms with Gasteiger partial charge in [0.2, 0.25) is 0 Å². The van der Waals surface area contributed by atoms with Crippen LogP contribution in [-0.4, -0.2) is 30.2 Å². The number of nitro benzene ring substituents is 1. The number of fused-ring (bicyclic) bond motifs is 1. The molecule has 0 atom stereocenters. The fourth-order valence-corrected chi connectivity index (χ4v) is 3.74. The molecule has 4 aromatic rings. The zero-order valence-electron chi connectivity index (χ0n) is 19.1. The summed E-state index contributed by atoms with van der Waals surface area (Å²) in [4.78, 5) is 35.8. The Morgan fingerprint density at radius 3 is 2.44 bits per heavy atom. The predicted molar refractivity (Wildman–Crippen MR) is 138 cm³/mol. The van der Waals surface area contributed by atoms with Gasteiger partial charge in [0.05, 0.1) is 30.4 Å². The molecule has 0 aliphatic heterocycles. The quantitative estimate of drug-likeness (QED) is 0.168. The van der Waals surface area contributed by atoms with Gasteiger partial charge in [-0.05, 0) is 54.2 Å². The number of rotatable bonds is 6. The fourth-order valence-electron chi connectivity index (χ4n) is 3.54. The molecule has 36 heavy (non-hydrogen) atoms. The first-order valence-corrected chi connectivity index (χ1v) is 10.9. The third-order valence-corrected chi connectivity index (χ3v) is 5.47. The molecule has 3 aromatic carbocycles. The maximum absolute atomic E-state index is 12.6. The maximum atomic E-state index is 12.6. The molecule has 1 heterocycles. The van der Waals surface area contributed by atoms with E-state index in [2.05, 4.69) is 10.6 Å². The summed E-state index contributed by atoms with van der Waals surface area (Å²) in [5, 5.41) is 17.3. The zero-order valence-corrected chi connectivity index (χ0v) is 19.9. The van der Waals surface area contributed by atoms with Gasteiger partial charge in [0.25, 0.3) is 5.91 Å². The lowest BCUT2D eigenvalue weighted by molar-refractivity contribution is -0.385. The number of amides is 1. The van der Waals surface area contributed by atoms with Gasteiger partial charge in [-0.1, -0.05) is 24.3 Å². The number of carbonyl (C=O) groups is 1. The fraction of sp³-hybridized carbons (Fsp3) is 0.0800. The van der Waals surface area contributed by atoms with Crippen molar-refractivity contribution in [2.24, 2.45) is 0 Å². The Morgan fingerprint density at radius 1 is 1.00 bits per heavy atom. The molecular weight excluding hydrogens is 486 g/mol. The number of anilines is 1. The highest BCUT2D eigenvalue weighted by molar-refractivity contribution is 7.80. The molecule has 0 radical (unpaired) electrons. The number of thiocarbonyl (C=S) groups is 1. The number of ether oxygens (including phenoxy) is 2. The Balaban J connectivity index is 1.59. The summed E-state index contributed by atoms with van der Waals surface area (Å²) in [6.45, 7) is 0. The van der Waals surface area contributed by atoms with Crippen LogP contribution in [0.5, 0.6) is 11.5 Å². The Labute approximate surface area is 209 Å².